The Kier molecular flexibility index (Phi) is 4.64. The molecular weight excluding hydrogens is 152 g/mol. The van der Waals surface area contributed by atoms with Crippen molar-refractivity contribution in [2.75, 3.05) is 0 Å². The molecular formula is C10H18O2. The number of carboxylic acids is 1. The van der Waals surface area contributed by atoms with Crippen LogP contribution in [0.3, 0.4) is 0 Å². The predicted molar refractivity (Wildman–Crippen MR) is 50.1 cm³/mol. The Morgan fingerprint density at radius 3 is 2.50 bits per heavy atom. The number of carbonyl (C=O) groups is 1. The third-order valence-corrected chi connectivity index (χ3v) is 1.63. The van der Waals surface area contributed by atoms with Crippen LogP contribution < -0.4 is 0 Å². The van der Waals surface area contributed by atoms with Gasteiger partial charge in [0.25, 0.3) is 0 Å². The fourth-order valence-electron chi connectivity index (χ4n) is 1.02. The Morgan fingerprint density at radius 1 is 1.50 bits per heavy atom. The van der Waals surface area contributed by atoms with Crippen molar-refractivity contribution in [2.45, 2.75) is 40.0 Å². The first-order valence-corrected chi connectivity index (χ1v) is 4.37. The molecule has 0 heterocycles. The van der Waals surface area contributed by atoms with E-state index in [1.165, 1.54) is 0 Å². The van der Waals surface area contributed by atoms with Gasteiger partial charge in [0.1, 0.15) is 0 Å². The third kappa shape index (κ3) is 5.96. The van der Waals surface area contributed by atoms with E-state index < -0.39 is 5.97 Å². The number of carboxylic acid groups (broad SMARTS) is 1. The molecule has 0 fully saturated rings. The maximum atomic E-state index is 10.4. The zero-order valence-electron chi connectivity index (χ0n) is 8.13. The summed E-state index contributed by atoms with van der Waals surface area (Å²) in [6.07, 6.45) is 6.39. The molecule has 0 aromatic carbocycles. The van der Waals surface area contributed by atoms with E-state index in [4.69, 9.17) is 5.11 Å². The van der Waals surface area contributed by atoms with Crippen molar-refractivity contribution in [3.05, 3.63) is 12.2 Å². The summed E-state index contributed by atoms with van der Waals surface area (Å²) >= 11 is 0. The molecule has 0 unspecified atom stereocenters. The third-order valence-electron chi connectivity index (χ3n) is 1.63. The molecule has 70 valence electrons. The van der Waals surface area contributed by atoms with Gasteiger partial charge >= 0.3 is 5.97 Å². The van der Waals surface area contributed by atoms with Gasteiger partial charge in [-0.3, -0.25) is 4.79 Å². The van der Waals surface area contributed by atoms with E-state index in [1.807, 2.05) is 19.9 Å². The van der Waals surface area contributed by atoms with Gasteiger partial charge in [0.05, 0.1) is 6.42 Å². The van der Waals surface area contributed by atoms with Gasteiger partial charge in [0, 0.05) is 0 Å². The summed E-state index contributed by atoms with van der Waals surface area (Å²) in [6.45, 7) is 5.98. The average Bonchev–Trinajstić information content (AvgIpc) is 1.84. The van der Waals surface area contributed by atoms with E-state index in [2.05, 4.69) is 13.0 Å². The smallest absolute Gasteiger partial charge is 0.304 e. The van der Waals surface area contributed by atoms with Crippen molar-refractivity contribution in [3.8, 4) is 0 Å². The van der Waals surface area contributed by atoms with Crippen LogP contribution in [0.25, 0.3) is 0 Å². The number of hydrogen-bond acceptors (Lipinski definition) is 1. The number of aliphatic carboxylic acids is 1. The predicted octanol–water partition coefficient (Wildman–Crippen LogP) is 2.84. The van der Waals surface area contributed by atoms with Crippen LogP contribution in [0.1, 0.15) is 40.0 Å². The van der Waals surface area contributed by atoms with Crippen molar-refractivity contribution in [1.82, 2.24) is 0 Å². The summed E-state index contributed by atoms with van der Waals surface area (Å²) in [5.74, 6) is -0.735. The van der Waals surface area contributed by atoms with Gasteiger partial charge in [-0.1, -0.05) is 39.3 Å². The van der Waals surface area contributed by atoms with Gasteiger partial charge in [0.15, 0.2) is 0 Å². The summed E-state index contributed by atoms with van der Waals surface area (Å²) in [6, 6.07) is 0. The van der Waals surface area contributed by atoms with Crippen molar-refractivity contribution in [2.24, 2.45) is 5.41 Å². The van der Waals surface area contributed by atoms with Crippen LogP contribution in [0.5, 0.6) is 0 Å². The lowest BCUT2D eigenvalue weighted by Crippen LogP contribution is -2.13. The van der Waals surface area contributed by atoms with Gasteiger partial charge in [-0.15, -0.1) is 0 Å². The van der Waals surface area contributed by atoms with Crippen LogP contribution in [-0.2, 0) is 4.79 Å². The highest BCUT2D eigenvalue weighted by atomic mass is 16.4. The van der Waals surface area contributed by atoms with Gasteiger partial charge in [-0.05, 0) is 11.8 Å². The lowest BCUT2D eigenvalue weighted by Gasteiger charge is -2.16. The van der Waals surface area contributed by atoms with Gasteiger partial charge in [0.2, 0.25) is 0 Å². The lowest BCUT2D eigenvalue weighted by atomic mass is 9.89. The second-order valence-electron chi connectivity index (χ2n) is 3.75. The van der Waals surface area contributed by atoms with Crippen LogP contribution in [-0.4, -0.2) is 11.1 Å². The molecule has 0 spiro atoms. The first-order chi connectivity index (χ1) is 5.48. The van der Waals surface area contributed by atoms with E-state index in [1.54, 1.807) is 0 Å². The molecule has 0 bridgehead atoms. The van der Waals surface area contributed by atoms with Crippen molar-refractivity contribution < 1.29 is 9.90 Å². The van der Waals surface area contributed by atoms with Crippen molar-refractivity contribution in [3.63, 3.8) is 0 Å². The Morgan fingerprint density at radius 2 is 2.08 bits per heavy atom. The molecule has 1 N–H and O–H groups in total. The van der Waals surface area contributed by atoms with Crippen LogP contribution in [0, 0.1) is 5.41 Å². The number of rotatable bonds is 5. The molecule has 0 saturated carbocycles. The SMILES string of the molecule is CCCC=CC(C)(C)CC(=O)O. The first-order valence-electron chi connectivity index (χ1n) is 4.37. The molecule has 0 rings (SSSR count). The minimum absolute atomic E-state index is 0.202. The maximum Gasteiger partial charge on any atom is 0.304 e. The molecule has 0 saturated heterocycles. The minimum Gasteiger partial charge on any atom is -0.481 e. The molecule has 0 aliphatic heterocycles. The van der Waals surface area contributed by atoms with Gasteiger partial charge < -0.3 is 5.11 Å². The summed E-state index contributed by atoms with van der Waals surface area (Å²) in [7, 11) is 0. The molecule has 0 aliphatic rings. The Balaban J connectivity index is 3.93. The number of allylic oxidation sites excluding steroid dienone is 2. The van der Waals surface area contributed by atoms with E-state index in [0.717, 1.165) is 12.8 Å². The summed E-state index contributed by atoms with van der Waals surface area (Å²) in [5, 5.41) is 8.57. The van der Waals surface area contributed by atoms with Gasteiger partial charge in [-0.25, -0.2) is 0 Å². The standard InChI is InChI=1S/C10H18O2/c1-4-5-6-7-10(2,3)8-9(11)12/h6-7H,4-5,8H2,1-3H3,(H,11,12). The average molecular weight is 170 g/mol. The molecule has 12 heavy (non-hydrogen) atoms. The van der Waals surface area contributed by atoms with E-state index >= 15 is 0 Å². The van der Waals surface area contributed by atoms with E-state index in [0.29, 0.717) is 0 Å². The highest BCUT2D eigenvalue weighted by Crippen LogP contribution is 2.22. The fourth-order valence-corrected chi connectivity index (χ4v) is 1.02. The topological polar surface area (TPSA) is 37.3 Å². The highest BCUT2D eigenvalue weighted by molar-refractivity contribution is 5.67. The van der Waals surface area contributed by atoms with E-state index in [9.17, 15) is 4.79 Å². The summed E-state index contributed by atoms with van der Waals surface area (Å²) in [4.78, 5) is 10.4. The van der Waals surface area contributed by atoms with Crippen LogP contribution in [0.4, 0.5) is 0 Å². The Labute approximate surface area is 74.3 Å². The van der Waals surface area contributed by atoms with E-state index in [-0.39, 0.29) is 11.8 Å². The molecule has 0 aromatic heterocycles. The largest absolute Gasteiger partial charge is 0.481 e. The normalized spacial score (nSPS) is 12.2. The molecule has 0 aliphatic carbocycles. The fraction of sp³-hybridized carbons (Fsp3) is 0.700. The lowest BCUT2D eigenvalue weighted by molar-refractivity contribution is -0.138. The quantitative estimate of drug-likeness (QED) is 0.644. The van der Waals surface area contributed by atoms with Crippen LogP contribution in [0.2, 0.25) is 0 Å². The van der Waals surface area contributed by atoms with Crippen molar-refractivity contribution >= 4 is 5.97 Å². The van der Waals surface area contributed by atoms with Crippen LogP contribution in [0.15, 0.2) is 12.2 Å². The van der Waals surface area contributed by atoms with Crippen molar-refractivity contribution in [1.29, 1.82) is 0 Å². The molecule has 0 atom stereocenters. The molecule has 0 radical (unpaired) electrons. The van der Waals surface area contributed by atoms with Gasteiger partial charge in [-0.2, -0.15) is 0 Å². The Bertz CT molecular complexity index is 169. The van der Waals surface area contributed by atoms with Crippen LogP contribution >= 0.6 is 0 Å². The zero-order chi connectivity index (χ0) is 9.61. The number of hydrogen-bond donors (Lipinski definition) is 1. The summed E-state index contributed by atoms with van der Waals surface area (Å²) in [5.41, 5.74) is -0.207. The monoisotopic (exact) mass is 170 g/mol. The molecule has 0 aromatic rings. The summed E-state index contributed by atoms with van der Waals surface area (Å²) < 4.78 is 0. The molecule has 0 amide bonds. The second-order valence-corrected chi connectivity index (χ2v) is 3.75. The minimum atomic E-state index is -0.735. The highest BCUT2D eigenvalue weighted by Gasteiger charge is 2.17. The Hall–Kier alpha value is -0.790. The second kappa shape index (κ2) is 4.96. The first kappa shape index (κ1) is 11.2. The molecule has 2 nitrogen and oxygen atoms in total. The number of unbranched alkanes of at least 4 members (excludes halogenated alkanes) is 1. The zero-order valence-corrected chi connectivity index (χ0v) is 8.13. The maximum absolute atomic E-state index is 10.4. The molecule has 2 heteroatoms.